The van der Waals surface area contributed by atoms with Crippen molar-refractivity contribution >= 4 is 45.6 Å². The lowest BCUT2D eigenvalue weighted by Gasteiger charge is -2.18. The van der Waals surface area contributed by atoms with E-state index in [-0.39, 0.29) is 27.3 Å². The van der Waals surface area contributed by atoms with Gasteiger partial charge in [0.05, 0.1) is 11.1 Å². The van der Waals surface area contributed by atoms with E-state index in [9.17, 15) is 14.4 Å². The van der Waals surface area contributed by atoms with Crippen LogP contribution in [0.15, 0.2) is 40.0 Å². The molecular formula is C20H16Cl2O4. The molecule has 0 N–H and O–H groups in total. The van der Waals surface area contributed by atoms with E-state index in [1.165, 1.54) is 0 Å². The summed E-state index contributed by atoms with van der Waals surface area (Å²) in [7, 11) is 0. The monoisotopic (exact) mass is 390 g/mol. The number of allylic oxidation sites excluding steroid dienone is 1. The van der Waals surface area contributed by atoms with Gasteiger partial charge in [0.15, 0.2) is 11.5 Å². The minimum atomic E-state index is -0.943. The second kappa shape index (κ2) is 6.53. The number of benzene rings is 1. The van der Waals surface area contributed by atoms with Gasteiger partial charge >= 0.3 is 0 Å². The molecular weight excluding hydrogens is 375 g/mol. The van der Waals surface area contributed by atoms with Crippen LogP contribution in [0.5, 0.6) is 0 Å². The molecule has 2 aromatic rings. The van der Waals surface area contributed by atoms with E-state index in [0.29, 0.717) is 5.56 Å². The number of carbonyl (C=O) groups is 3. The molecule has 0 fully saturated rings. The van der Waals surface area contributed by atoms with Gasteiger partial charge in [0.1, 0.15) is 16.3 Å². The highest BCUT2D eigenvalue weighted by Gasteiger charge is 2.38. The average Bonchev–Trinajstić information content (AvgIpc) is 3.01. The van der Waals surface area contributed by atoms with Crippen LogP contribution in [0, 0.1) is 5.41 Å². The third kappa shape index (κ3) is 3.27. The Morgan fingerprint density at radius 3 is 2.42 bits per heavy atom. The lowest BCUT2D eigenvalue weighted by atomic mass is 9.87. The van der Waals surface area contributed by atoms with E-state index in [1.54, 1.807) is 18.2 Å². The zero-order chi connectivity index (χ0) is 19.2. The van der Waals surface area contributed by atoms with E-state index in [0.717, 1.165) is 18.2 Å². The highest BCUT2D eigenvalue weighted by molar-refractivity contribution is 6.71. The molecule has 1 aromatic heterocycles. The first-order valence-electron chi connectivity index (χ1n) is 8.00. The molecule has 0 unspecified atom stereocenters. The van der Waals surface area contributed by atoms with Crippen molar-refractivity contribution in [1.82, 2.24) is 0 Å². The molecule has 0 saturated heterocycles. The van der Waals surface area contributed by atoms with Gasteiger partial charge in [0.25, 0.3) is 0 Å². The Labute approximate surface area is 160 Å². The van der Waals surface area contributed by atoms with Gasteiger partial charge in [-0.3, -0.25) is 14.4 Å². The Kier molecular flexibility index (Phi) is 4.67. The SMILES string of the molecule is CC(C)(C)Cc1cccc(C(=O)c2coc3c2C(=O)C(=O)C(Cl)=C3Cl)c1. The van der Waals surface area contributed by atoms with E-state index in [4.69, 9.17) is 27.6 Å². The second-order valence-electron chi connectivity index (χ2n) is 7.41. The smallest absolute Gasteiger partial charge is 0.246 e. The minimum absolute atomic E-state index is 0.00794. The zero-order valence-electron chi connectivity index (χ0n) is 14.5. The van der Waals surface area contributed by atoms with Gasteiger partial charge in [-0.1, -0.05) is 62.2 Å². The fourth-order valence-electron chi connectivity index (χ4n) is 2.91. The van der Waals surface area contributed by atoms with Crippen molar-refractivity contribution in [2.24, 2.45) is 5.41 Å². The summed E-state index contributed by atoms with van der Waals surface area (Å²) in [5.41, 5.74) is 1.36. The summed E-state index contributed by atoms with van der Waals surface area (Å²) in [5, 5.41) is -0.559. The average molecular weight is 391 g/mol. The topological polar surface area (TPSA) is 64.3 Å². The zero-order valence-corrected chi connectivity index (χ0v) is 16.0. The van der Waals surface area contributed by atoms with Crippen LogP contribution in [0.2, 0.25) is 0 Å². The van der Waals surface area contributed by atoms with Gasteiger partial charge < -0.3 is 4.42 Å². The van der Waals surface area contributed by atoms with Crippen molar-refractivity contribution in [1.29, 1.82) is 0 Å². The van der Waals surface area contributed by atoms with E-state index >= 15 is 0 Å². The second-order valence-corrected chi connectivity index (χ2v) is 8.16. The van der Waals surface area contributed by atoms with Gasteiger partial charge in [-0.25, -0.2) is 0 Å². The van der Waals surface area contributed by atoms with Crippen molar-refractivity contribution in [3.8, 4) is 0 Å². The predicted molar refractivity (Wildman–Crippen MR) is 99.7 cm³/mol. The first kappa shape index (κ1) is 18.6. The number of hydrogen-bond acceptors (Lipinski definition) is 4. The third-order valence-electron chi connectivity index (χ3n) is 3.98. The van der Waals surface area contributed by atoms with Gasteiger partial charge in [-0.05, 0) is 23.5 Å². The standard InChI is InChI=1S/C20H16Cl2O4/c1-20(2,3)8-10-5-4-6-11(7-10)16(23)12-9-26-19-13(12)17(24)18(25)14(21)15(19)22/h4-7,9H,8H2,1-3H3. The summed E-state index contributed by atoms with van der Waals surface area (Å²) in [4.78, 5) is 37.2. The summed E-state index contributed by atoms with van der Waals surface area (Å²) in [6, 6.07) is 7.18. The summed E-state index contributed by atoms with van der Waals surface area (Å²) >= 11 is 11.7. The molecule has 1 aliphatic rings. The highest BCUT2D eigenvalue weighted by atomic mass is 35.5. The van der Waals surface area contributed by atoms with Gasteiger partial charge in [0, 0.05) is 5.56 Å². The number of carbonyl (C=O) groups excluding carboxylic acids is 3. The molecule has 0 saturated carbocycles. The van der Waals surface area contributed by atoms with Crippen LogP contribution >= 0.6 is 23.2 Å². The number of halogens is 2. The molecule has 1 heterocycles. The maximum atomic E-state index is 12.9. The number of hydrogen-bond donors (Lipinski definition) is 0. The van der Waals surface area contributed by atoms with Crippen molar-refractivity contribution in [2.75, 3.05) is 0 Å². The third-order valence-corrected chi connectivity index (χ3v) is 4.80. The van der Waals surface area contributed by atoms with Gasteiger partial charge in [0.2, 0.25) is 11.6 Å². The Balaban J connectivity index is 2.04. The van der Waals surface area contributed by atoms with Crippen molar-refractivity contribution in [3.63, 3.8) is 0 Å². The van der Waals surface area contributed by atoms with Crippen LogP contribution in [-0.2, 0) is 11.2 Å². The molecule has 0 atom stereocenters. The van der Waals surface area contributed by atoms with E-state index in [1.807, 2.05) is 6.07 Å². The summed E-state index contributed by atoms with van der Waals surface area (Å²) in [5.74, 6) is -2.29. The fourth-order valence-corrected chi connectivity index (χ4v) is 3.31. The summed E-state index contributed by atoms with van der Waals surface area (Å²) in [6.45, 7) is 6.32. The van der Waals surface area contributed by atoms with Crippen molar-refractivity contribution in [3.05, 3.63) is 63.6 Å². The molecule has 0 bridgehead atoms. The molecule has 1 aliphatic carbocycles. The van der Waals surface area contributed by atoms with Crippen molar-refractivity contribution < 1.29 is 18.8 Å². The summed E-state index contributed by atoms with van der Waals surface area (Å²) in [6.07, 6.45) is 1.94. The van der Waals surface area contributed by atoms with Gasteiger partial charge in [-0.15, -0.1) is 0 Å². The van der Waals surface area contributed by atoms with Crippen LogP contribution in [0.4, 0.5) is 0 Å². The molecule has 0 amide bonds. The molecule has 0 aliphatic heterocycles. The lowest BCUT2D eigenvalue weighted by molar-refractivity contribution is -0.111. The van der Waals surface area contributed by atoms with Crippen LogP contribution in [0.25, 0.3) is 5.03 Å². The van der Waals surface area contributed by atoms with Crippen LogP contribution in [0.1, 0.15) is 58.4 Å². The fraction of sp³-hybridized carbons (Fsp3) is 0.250. The molecule has 26 heavy (non-hydrogen) atoms. The first-order chi connectivity index (χ1) is 12.1. The van der Waals surface area contributed by atoms with Crippen LogP contribution in [-0.4, -0.2) is 17.3 Å². The molecule has 6 heteroatoms. The molecule has 134 valence electrons. The molecule has 0 radical (unpaired) electrons. The van der Waals surface area contributed by atoms with Crippen LogP contribution in [0.3, 0.4) is 0 Å². The van der Waals surface area contributed by atoms with Crippen molar-refractivity contribution in [2.45, 2.75) is 27.2 Å². The quantitative estimate of drug-likeness (QED) is 0.545. The summed E-state index contributed by atoms with van der Waals surface area (Å²) < 4.78 is 5.27. The molecule has 3 rings (SSSR count). The predicted octanol–water partition coefficient (Wildman–Crippen LogP) is 5.01. The normalized spacial score (nSPS) is 14.7. The Morgan fingerprint density at radius 1 is 1.08 bits per heavy atom. The Hall–Kier alpha value is -2.17. The largest absolute Gasteiger partial charge is 0.462 e. The molecule has 4 nitrogen and oxygen atoms in total. The van der Waals surface area contributed by atoms with E-state index in [2.05, 4.69) is 20.8 Å². The molecule has 1 aromatic carbocycles. The maximum Gasteiger partial charge on any atom is 0.246 e. The van der Waals surface area contributed by atoms with Crippen LogP contribution < -0.4 is 0 Å². The first-order valence-corrected chi connectivity index (χ1v) is 8.75. The number of fused-ring (bicyclic) bond motifs is 1. The lowest BCUT2D eigenvalue weighted by Crippen LogP contribution is -2.22. The van der Waals surface area contributed by atoms with E-state index < -0.39 is 22.4 Å². The number of Topliss-reactive ketones (excluding diaryl/α,β-unsaturated/α-hetero) is 2. The number of furan rings is 1. The number of ketones is 3. The molecule has 0 spiro atoms. The highest BCUT2D eigenvalue weighted by Crippen LogP contribution is 2.37. The number of rotatable bonds is 3. The Bertz CT molecular complexity index is 974. The van der Waals surface area contributed by atoms with Gasteiger partial charge in [-0.2, -0.15) is 0 Å². The Morgan fingerprint density at radius 2 is 1.77 bits per heavy atom. The maximum absolute atomic E-state index is 12.9. The minimum Gasteiger partial charge on any atom is -0.462 e.